The molecule has 4 rings (SSSR count). The summed E-state index contributed by atoms with van der Waals surface area (Å²) in [6.45, 7) is 7.18. The minimum atomic E-state index is -0.246. The number of aryl methyl sites for hydroxylation is 2. The number of rotatable bonds is 4. The van der Waals surface area contributed by atoms with Crippen LogP contribution in [0.2, 0.25) is 0 Å². The van der Waals surface area contributed by atoms with Crippen LogP contribution < -0.4 is 5.32 Å². The van der Waals surface area contributed by atoms with Crippen LogP contribution in [0.3, 0.4) is 0 Å². The lowest BCUT2D eigenvalue weighted by molar-refractivity contribution is 0.193. The Kier molecular flexibility index (Phi) is 5.08. The van der Waals surface area contributed by atoms with Crippen molar-refractivity contribution in [3.05, 3.63) is 54.1 Å². The van der Waals surface area contributed by atoms with Crippen LogP contribution in [0.4, 0.5) is 4.79 Å². The Labute approximate surface area is 169 Å². The van der Waals surface area contributed by atoms with Crippen molar-refractivity contribution < 1.29 is 9.21 Å². The van der Waals surface area contributed by atoms with Crippen LogP contribution in [0.15, 0.2) is 41.4 Å². The molecule has 1 N–H and O–H groups in total. The monoisotopic (exact) mass is 394 g/mol. The van der Waals surface area contributed by atoms with Gasteiger partial charge in [0.15, 0.2) is 5.65 Å². The lowest BCUT2D eigenvalue weighted by atomic mass is 10.0. The third kappa shape index (κ3) is 4.31. The Morgan fingerprint density at radius 2 is 2.17 bits per heavy atom. The molecule has 0 saturated carbocycles. The highest BCUT2D eigenvalue weighted by molar-refractivity contribution is 5.79. The summed E-state index contributed by atoms with van der Waals surface area (Å²) in [7, 11) is 0. The number of aromatic nitrogens is 4. The number of fused-ring (bicyclic) bond motifs is 1. The van der Waals surface area contributed by atoms with Crippen molar-refractivity contribution in [2.24, 2.45) is 0 Å². The SMILES string of the molecule is CC(C)(C)NC(=O)N1CC=C(c2cnc(CCc3ccco3)n3cnnc23)CC1. The Balaban J connectivity index is 1.51. The average molecular weight is 394 g/mol. The first-order valence-corrected chi connectivity index (χ1v) is 9.87. The van der Waals surface area contributed by atoms with Crippen molar-refractivity contribution in [2.45, 2.75) is 45.6 Å². The molecule has 152 valence electrons. The third-order valence-electron chi connectivity index (χ3n) is 4.91. The lowest BCUT2D eigenvalue weighted by Gasteiger charge is -2.30. The van der Waals surface area contributed by atoms with Crippen LogP contribution in [0.25, 0.3) is 11.2 Å². The van der Waals surface area contributed by atoms with Gasteiger partial charge in [-0.3, -0.25) is 4.40 Å². The van der Waals surface area contributed by atoms with Crippen LogP contribution >= 0.6 is 0 Å². The molecule has 1 aliphatic rings. The standard InChI is InChI=1S/C21H26N6O2/c1-21(2,3)24-20(28)26-10-8-15(9-11-26)17-13-22-18(27-14-23-25-19(17)27)7-6-16-5-4-12-29-16/h4-5,8,12-14H,6-7,9-11H2,1-3H3,(H,24,28). The van der Waals surface area contributed by atoms with Gasteiger partial charge in [-0.2, -0.15) is 0 Å². The number of hydrogen-bond acceptors (Lipinski definition) is 5. The second-order valence-electron chi connectivity index (χ2n) is 8.30. The molecule has 3 aromatic rings. The quantitative estimate of drug-likeness (QED) is 0.735. The summed E-state index contributed by atoms with van der Waals surface area (Å²) in [5.74, 6) is 1.83. The molecule has 0 atom stereocenters. The zero-order valence-electron chi connectivity index (χ0n) is 17.1. The highest BCUT2D eigenvalue weighted by Gasteiger charge is 2.23. The first kappa shape index (κ1) is 19.2. The summed E-state index contributed by atoms with van der Waals surface area (Å²) >= 11 is 0. The van der Waals surface area contributed by atoms with Crippen LogP contribution in [0, 0.1) is 0 Å². The van der Waals surface area contributed by atoms with E-state index in [-0.39, 0.29) is 11.6 Å². The van der Waals surface area contributed by atoms with E-state index < -0.39 is 0 Å². The van der Waals surface area contributed by atoms with E-state index in [0.717, 1.165) is 47.6 Å². The molecular formula is C21H26N6O2. The maximum atomic E-state index is 12.4. The fraction of sp³-hybridized carbons (Fsp3) is 0.429. The number of carbonyl (C=O) groups excluding carboxylic acids is 1. The number of hydrogen-bond donors (Lipinski definition) is 1. The number of carbonyl (C=O) groups is 1. The van der Waals surface area contributed by atoms with E-state index in [9.17, 15) is 4.79 Å². The predicted octanol–water partition coefficient (Wildman–Crippen LogP) is 3.10. The van der Waals surface area contributed by atoms with Crippen molar-refractivity contribution in [3.63, 3.8) is 0 Å². The van der Waals surface area contributed by atoms with Gasteiger partial charge in [0.1, 0.15) is 17.9 Å². The molecule has 0 unspecified atom stereocenters. The molecular weight excluding hydrogens is 368 g/mol. The van der Waals surface area contributed by atoms with Crippen molar-refractivity contribution >= 4 is 17.3 Å². The maximum Gasteiger partial charge on any atom is 0.318 e. The summed E-state index contributed by atoms with van der Waals surface area (Å²) in [5.41, 5.74) is 2.67. The van der Waals surface area contributed by atoms with Gasteiger partial charge < -0.3 is 14.6 Å². The van der Waals surface area contributed by atoms with Gasteiger partial charge in [-0.25, -0.2) is 9.78 Å². The van der Waals surface area contributed by atoms with Crippen molar-refractivity contribution in [3.8, 4) is 0 Å². The fourth-order valence-corrected chi connectivity index (χ4v) is 3.47. The van der Waals surface area contributed by atoms with Crippen molar-refractivity contribution in [1.82, 2.24) is 29.8 Å². The van der Waals surface area contributed by atoms with E-state index in [2.05, 4.69) is 26.6 Å². The largest absolute Gasteiger partial charge is 0.469 e. The van der Waals surface area contributed by atoms with E-state index in [0.29, 0.717) is 13.1 Å². The summed E-state index contributed by atoms with van der Waals surface area (Å²) in [5, 5.41) is 11.4. The second kappa shape index (κ2) is 7.69. The minimum Gasteiger partial charge on any atom is -0.469 e. The van der Waals surface area contributed by atoms with Crippen LogP contribution in [-0.2, 0) is 12.8 Å². The normalized spacial score (nSPS) is 14.9. The second-order valence-corrected chi connectivity index (χ2v) is 8.30. The Hall–Kier alpha value is -3.16. The van der Waals surface area contributed by atoms with Gasteiger partial charge in [0.25, 0.3) is 0 Å². The average Bonchev–Trinajstić information content (AvgIpc) is 3.37. The van der Waals surface area contributed by atoms with Gasteiger partial charge in [0.2, 0.25) is 0 Å². The van der Waals surface area contributed by atoms with Gasteiger partial charge >= 0.3 is 6.03 Å². The number of nitrogens with one attached hydrogen (secondary N) is 1. The molecule has 0 spiro atoms. The molecule has 0 bridgehead atoms. The summed E-state index contributed by atoms with van der Waals surface area (Å²) in [4.78, 5) is 18.9. The van der Waals surface area contributed by atoms with E-state index in [1.807, 2.05) is 48.4 Å². The summed E-state index contributed by atoms with van der Waals surface area (Å²) < 4.78 is 7.35. The fourth-order valence-electron chi connectivity index (χ4n) is 3.47. The smallest absolute Gasteiger partial charge is 0.318 e. The molecule has 0 fully saturated rings. The minimum absolute atomic E-state index is 0.0353. The first-order chi connectivity index (χ1) is 13.9. The zero-order valence-corrected chi connectivity index (χ0v) is 17.1. The van der Waals surface area contributed by atoms with Gasteiger partial charge in [0, 0.05) is 43.2 Å². The van der Waals surface area contributed by atoms with Gasteiger partial charge in [-0.15, -0.1) is 10.2 Å². The molecule has 2 amide bonds. The number of amides is 2. The highest BCUT2D eigenvalue weighted by atomic mass is 16.3. The molecule has 1 aliphatic heterocycles. The lowest BCUT2D eigenvalue weighted by Crippen LogP contribution is -2.49. The van der Waals surface area contributed by atoms with Crippen LogP contribution in [-0.4, -0.2) is 49.1 Å². The van der Waals surface area contributed by atoms with E-state index in [1.165, 1.54) is 0 Å². The third-order valence-corrected chi connectivity index (χ3v) is 4.91. The Bertz CT molecular complexity index is 1030. The Morgan fingerprint density at radius 3 is 2.86 bits per heavy atom. The molecule has 0 saturated heterocycles. The molecule has 0 aromatic carbocycles. The van der Waals surface area contributed by atoms with E-state index in [4.69, 9.17) is 4.42 Å². The van der Waals surface area contributed by atoms with Crippen LogP contribution in [0.1, 0.15) is 44.3 Å². The number of nitrogens with zero attached hydrogens (tertiary/aromatic N) is 5. The highest BCUT2D eigenvalue weighted by Crippen LogP contribution is 2.25. The molecule has 8 heteroatoms. The number of urea groups is 1. The van der Waals surface area contributed by atoms with E-state index >= 15 is 0 Å². The van der Waals surface area contributed by atoms with Crippen molar-refractivity contribution in [1.29, 1.82) is 0 Å². The molecule has 4 heterocycles. The van der Waals surface area contributed by atoms with Crippen LogP contribution in [0.5, 0.6) is 0 Å². The Morgan fingerprint density at radius 1 is 1.31 bits per heavy atom. The summed E-state index contributed by atoms with van der Waals surface area (Å²) in [6.07, 6.45) is 9.61. The molecule has 8 nitrogen and oxygen atoms in total. The summed E-state index contributed by atoms with van der Waals surface area (Å²) in [6, 6.07) is 3.82. The zero-order chi connectivity index (χ0) is 20.4. The van der Waals surface area contributed by atoms with Crippen molar-refractivity contribution in [2.75, 3.05) is 13.1 Å². The number of furan rings is 1. The molecule has 3 aromatic heterocycles. The van der Waals surface area contributed by atoms with Gasteiger partial charge in [-0.05, 0) is 44.9 Å². The predicted molar refractivity (Wildman–Crippen MR) is 109 cm³/mol. The first-order valence-electron chi connectivity index (χ1n) is 9.87. The topological polar surface area (TPSA) is 88.6 Å². The molecule has 0 radical (unpaired) electrons. The molecule has 0 aliphatic carbocycles. The van der Waals surface area contributed by atoms with Gasteiger partial charge in [-0.1, -0.05) is 6.08 Å². The van der Waals surface area contributed by atoms with Gasteiger partial charge in [0.05, 0.1) is 6.26 Å². The van der Waals surface area contributed by atoms with E-state index in [1.54, 1.807) is 12.6 Å². The molecule has 29 heavy (non-hydrogen) atoms. The maximum absolute atomic E-state index is 12.4.